The quantitative estimate of drug-likeness (QED) is 0.227. The Hall–Kier alpha value is -1.62. The molecule has 0 N–H and O–H groups in total. The Morgan fingerprint density at radius 3 is 1.43 bits per heavy atom. The van der Waals surface area contributed by atoms with Crippen LogP contribution in [0.4, 0.5) is 0 Å². The van der Waals surface area contributed by atoms with E-state index in [2.05, 4.69) is 75.4 Å². The van der Waals surface area contributed by atoms with Gasteiger partial charge >= 0.3 is 0 Å². The van der Waals surface area contributed by atoms with Crippen molar-refractivity contribution in [2.75, 3.05) is 0 Å². The molecule has 1 aromatic carbocycles. The summed E-state index contributed by atoms with van der Waals surface area (Å²) in [5, 5.41) is 1.31. The summed E-state index contributed by atoms with van der Waals surface area (Å²) in [7, 11) is -0.782. The standard InChI is InChI=1S/C42H54N2P2/c1-40(2,3)37-11-10-35(36(20-37)27-45(38-8-4-6-12-43-38)39-9-5-7-13-44-39)28-46(41-21-29-14-30(22-41)16-31(15-29)23-41)42-24-32-17-33(25-42)19-34(18-32)26-42/h4-13,20,29-34H,14-19,21-28H2,1-3H3. The zero-order valence-corrected chi connectivity index (χ0v) is 30.3. The van der Waals surface area contributed by atoms with E-state index in [1.807, 2.05) is 12.4 Å². The minimum atomic E-state index is -0.686. The Labute approximate surface area is 280 Å². The van der Waals surface area contributed by atoms with E-state index in [1.165, 1.54) is 22.6 Å². The van der Waals surface area contributed by atoms with Gasteiger partial charge in [-0.25, -0.2) is 0 Å². The molecule has 3 aromatic rings. The van der Waals surface area contributed by atoms with Gasteiger partial charge in [-0.1, -0.05) is 59.0 Å². The number of nitrogens with zero attached hydrogens (tertiary/aromatic N) is 2. The van der Waals surface area contributed by atoms with Crippen molar-refractivity contribution < 1.29 is 0 Å². The largest absolute Gasteiger partial charge is 0.256 e. The number of aromatic nitrogens is 2. The summed E-state index contributed by atoms with van der Waals surface area (Å²) >= 11 is 0. The van der Waals surface area contributed by atoms with E-state index in [0.29, 0.717) is 10.3 Å². The number of hydrogen-bond donors (Lipinski definition) is 0. The molecule has 0 radical (unpaired) electrons. The van der Waals surface area contributed by atoms with E-state index in [9.17, 15) is 0 Å². The van der Waals surface area contributed by atoms with Gasteiger partial charge in [0, 0.05) is 26.5 Å². The first-order valence-corrected chi connectivity index (χ1v) is 21.8. The zero-order chi connectivity index (χ0) is 31.1. The van der Waals surface area contributed by atoms with Crippen LogP contribution < -0.4 is 10.9 Å². The van der Waals surface area contributed by atoms with Gasteiger partial charge in [-0.3, -0.25) is 9.97 Å². The van der Waals surface area contributed by atoms with Crippen LogP contribution in [0.25, 0.3) is 0 Å². The first-order chi connectivity index (χ1) is 22.2. The Morgan fingerprint density at radius 2 is 1.04 bits per heavy atom. The highest BCUT2D eigenvalue weighted by Gasteiger charge is 2.62. The molecule has 8 aliphatic rings. The number of pyridine rings is 2. The first-order valence-electron chi connectivity index (χ1n) is 18.7. The van der Waals surface area contributed by atoms with E-state index in [4.69, 9.17) is 9.97 Å². The minimum absolute atomic E-state index is 0.0966. The van der Waals surface area contributed by atoms with Gasteiger partial charge < -0.3 is 0 Å². The molecule has 8 aliphatic carbocycles. The van der Waals surface area contributed by atoms with E-state index in [0.717, 1.165) is 41.7 Å². The molecule has 2 heterocycles. The fraction of sp³-hybridized carbons (Fsp3) is 0.619. The Bertz CT molecular complexity index is 1410. The molecule has 8 saturated carbocycles. The minimum Gasteiger partial charge on any atom is -0.256 e. The van der Waals surface area contributed by atoms with Crippen LogP contribution in [0, 0.1) is 35.5 Å². The van der Waals surface area contributed by atoms with Crippen molar-refractivity contribution >= 4 is 26.7 Å². The number of benzene rings is 1. The van der Waals surface area contributed by atoms with Crippen LogP contribution in [-0.4, -0.2) is 20.3 Å². The molecular weight excluding hydrogens is 594 g/mol. The normalized spacial score (nSPS) is 36.4. The molecule has 0 unspecified atom stereocenters. The molecule has 2 aromatic heterocycles. The van der Waals surface area contributed by atoms with Crippen LogP contribution in [0.5, 0.6) is 0 Å². The van der Waals surface area contributed by atoms with Gasteiger partial charge in [0.25, 0.3) is 0 Å². The molecule has 46 heavy (non-hydrogen) atoms. The van der Waals surface area contributed by atoms with Crippen LogP contribution in [0.15, 0.2) is 67.0 Å². The van der Waals surface area contributed by atoms with Crippen molar-refractivity contribution in [2.24, 2.45) is 35.5 Å². The lowest BCUT2D eigenvalue weighted by Crippen LogP contribution is -2.56. The first kappa shape index (κ1) is 30.4. The van der Waals surface area contributed by atoms with Crippen molar-refractivity contribution in [1.82, 2.24) is 9.97 Å². The Morgan fingerprint density at radius 1 is 0.587 bits per heavy atom. The van der Waals surface area contributed by atoms with Crippen LogP contribution in [0.3, 0.4) is 0 Å². The summed E-state index contributed by atoms with van der Waals surface area (Å²) < 4.78 is 0. The maximum atomic E-state index is 4.96. The lowest BCUT2D eigenvalue weighted by Gasteiger charge is -2.67. The molecule has 242 valence electrons. The van der Waals surface area contributed by atoms with Crippen molar-refractivity contribution in [3.8, 4) is 0 Å². The van der Waals surface area contributed by atoms with Crippen molar-refractivity contribution in [1.29, 1.82) is 0 Å². The van der Waals surface area contributed by atoms with Crippen LogP contribution >= 0.6 is 15.8 Å². The molecule has 8 bridgehead atoms. The van der Waals surface area contributed by atoms with E-state index in [1.54, 1.807) is 88.2 Å². The second-order valence-corrected chi connectivity index (χ2v) is 23.2. The molecule has 0 spiro atoms. The fourth-order valence-corrected chi connectivity index (χ4v) is 20.0. The van der Waals surface area contributed by atoms with Crippen LogP contribution in [0.2, 0.25) is 0 Å². The van der Waals surface area contributed by atoms with Gasteiger partial charge in [0.2, 0.25) is 0 Å². The van der Waals surface area contributed by atoms with Gasteiger partial charge in [-0.2, -0.15) is 0 Å². The SMILES string of the molecule is CC(C)(C)c1ccc(CP(C23CC4CC(CC(C4)C2)C3)C23CC4CC(CC(C4)C2)C3)c(CP(c2ccccn2)c2ccccn2)c1. The fourth-order valence-electron chi connectivity index (χ4n) is 12.7. The predicted molar refractivity (Wildman–Crippen MR) is 196 cm³/mol. The van der Waals surface area contributed by atoms with Gasteiger partial charge in [-0.15, -0.1) is 0 Å². The molecule has 0 amide bonds. The third-order valence-corrected chi connectivity index (χ3v) is 20.1. The van der Waals surface area contributed by atoms with E-state index < -0.39 is 7.92 Å². The predicted octanol–water partition coefficient (Wildman–Crippen LogP) is 10.3. The summed E-state index contributed by atoms with van der Waals surface area (Å²) in [4.78, 5) is 9.92. The Kier molecular flexibility index (Phi) is 7.60. The third-order valence-electron chi connectivity index (χ3n) is 13.7. The van der Waals surface area contributed by atoms with Crippen molar-refractivity contribution in [3.05, 3.63) is 83.7 Å². The molecule has 8 fully saturated rings. The number of rotatable bonds is 8. The molecule has 11 rings (SSSR count). The lowest BCUT2D eigenvalue weighted by atomic mass is 9.55. The average Bonchev–Trinajstić information content (AvgIpc) is 3.02. The van der Waals surface area contributed by atoms with Gasteiger partial charge in [0.15, 0.2) is 0 Å². The third kappa shape index (κ3) is 5.45. The van der Waals surface area contributed by atoms with Crippen molar-refractivity contribution in [3.63, 3.8) is 0 Å². The average molecular weight is 649 g/mol. The molecule has 0 aliphatic heterocycles. The van der Waals surface area contributed by atoms with E-state index >= 15 is 0 Å². The molecule has 4 heteroatoms. The summed E-state index contributed by atoms with van der Waals surface area (Å²) in [6.07, 6.45) is 25.3. The molecule has 0 saturated heterocycles. The molecule has 2 nitrogen and oxygen atoms in total. The maximum Gasteiger partial charge on any atom is 0.0695 e. The molecular formula is C42H54N2P2. The highest BCUT2D eigenvalue weighted by molar-refractivity contribution is 7.71. The topological polar surface area (TPSA) is 25.8 Å². The summed E-state index contributed by atoms with van der Waals surface area (Å²) in [6, 6.07) is 20.8. The van der Waals surface area contributed by atoms with Crippen LogP contribution in [-0.2, 0) is 17.7 Å². The monoisotopic (exact) mass is 648 g/mol. The molecule has 0 atom stereocenters. The van der Waals surface area contributed by atoms with Crippen molar-refractivity contribution in [2.45, 2.75) is 126 Å². The zero-order valence-electron chi connectivity index (χ0n) is 28.5. The summed E-state index contributed by atoms with van der Waals surface area (Å²) in [5.74, 6) is 6.22. The second kappa shape index (κ2) is 11.5. The highest BCUT2D eigenvalue weighted by Crippen LogP contribution is 2.79. The Balaban J connectivity index is 1.15. The van der Waals surface area contributed by atoms with Crippen LogP contribution in [0.1, 0.15) is 115 Å². The summed E-state index contributed by atoms with van der Waals surface area (Å²) in [5.41, 5.74) is 7.36. The number of hydrogen-bond acceptors (Lipinski definition) is 2. The second-order valence-electron chi connectivity index (χ2n) is 18.1. The van der Waals surface area contributed by atoms with Gasteiger partial charge in [0.05, 0.1) is 10.9 Å². The summed E-state index contributed by atoms with van der Waals surface area (Å²) in [6.45, 7) is 7.18. The van der Waals surface area contributed by atoms with E-state index in [-0.39, 0.29) is 13.3 Å². The smallest absolute Gasteiger partial charge is 0.0695 e. The van der Waals surface area contributed by atoms with Gasteiger partial charge in [-0.05, 0) is 175 Å². The maximum absolute atomic E-state index is 4.96. The van der Waals surface area contributed by atoms with Gasteiger partial charge in [0.1, 0.15) is 0 Å². The highest BCUT2D eigenvalue weighted by atomic mass is 31.1. The lowest BCUT2D eigenvalue weighted by molar-refractivity contribution is 0.0184.